The molecule has 2 aromatic carbocycles. The molecule has 3 rings (SSSR count). The lowest BCUT2D eigenvalue weighted by Crippen LogP contribution is -2.26. The molecule has 0 atom stereocenters. The van der Waals surface area contributed by atoms with E-state index in [1.165, 1.54) is 0 Å². The molecule has 1 fully saturated rings. The molecule has 1 saturated carbocycles. The molecule has 6 nitrogen and oxygen atoms in total. The number of Topliss-reactive ketones (excluding diaryl/α,β-unsaturated/α-hetero) is 1. The van der Waals surface area contributed by atoms with Gasteiger partial charge >= 0.3 is 0 Å². The van der Waals surface area contributed by atoms with E-state index < -0.39 is 6.61 Å². The van der Waals surface area contributed by atoms with E-state index in [1.54, 1.807) is 12.1 Å². The van der Waals surface area contributed by atoms with Crippen LogP contribution in [0.5, 0.6) is 0 Å². The van der Waals surface area contributed by atoms with Gasteiger partial charge in [-0.05, 0) is 55.0 Å². The molecule has 32 heavy (non-hydrogen) atoms. The SMILES string of the molecule is O=C(CO)CCCCCNC(=O)c1ccc(/C=C(/C(=O)NC2CC2)c2ccccc2)cc1. The van der Waals surface area contributed by atoms with Crippen molar-refractivity contribution in [3.05, 3.63) is 71.3 Å². The van der Waals surface area contributed by atoms with Crippen LogP contribution in [0.3, 0.4) is 0 Å². The average Bonchev–Trinajstić information content (AvgIpc) is 3.64. The highest BCUT2D eigenvalue weighted by molar-refractivity contribution is 6.24. The van der Waals surface area contributed by atoms with Gasteiger partial charge in [-0.15, -0.1) is 0 Å². The first-order chi connectivity index (χ1) is 15.6. The van der Waals surface area contributed by atoms with Gasteiger partial charge in [-0.2, -0.15) is 0 Å². The molecule has 0 aliphatic heterocycles. The van der Waals surface area contributed by atoms with Crippen LogP contribution in [-0.2, 0) is 9.59 Å². The minimum Gasteiger partial charge on any atom is -0.389 e. The number of carbonyl (C=O) groups is 3. The molecule has 6 heteroatoms. The van der Waals surface area contributed by atoms with Crippen molar-refractivity contribution < 1.29 is 19.5 Å². The first-order valence-electron chi connectivity index (χ1n) is 11.2. The number of carbonyl (C=O) groups excluding carboxylic acids is 3. The van der Waals surface area contributed by atoms with Crippen LogP contribution in [-0.4, -0.2) is 41.9 Å². The Morgan fingerprint density at radius 1 is 0.906 bits per heavy atom. The third-order valence-electron chi connectivity index (χ3n) is 5.32. The molecular weight excluding hydrogens is 404 g/mol. The number of aliphatic hydroxyl groups excluding tert-OH is 1. The maximum absolute atomic E-state index is 12.7. The van der Waals surface area contributed by atoms with Crippen LogP contribution >= 0.6 is 0 Å². The van der Waals surface area contributed by atoms with Crippen molar-refractivity contribution in [2.24, 2.45) is 0 Å². The summed E-state index contributed by atoms with van der Waals surface area (Å²) in [6.07, 6.45) is 6.60. The third kappa shape index (κ3) is 7.46. The monoisotopic (exact) mass is 434 g/mol. The molecule has 3 N–H and O–H groups in total. The predicted octanol–water partition coefficient (Wildman–Crippen LogP) is 3.36. The van der Waals surface area contributed by atoms with Crippen molar-refractivity contribution in [2.45, 2.75) is 44.6 Å². The van der Waals surface area contributed by atoms with Crippen molar-refractivity contribution >= 4 is 29.2 Å². The number of hydrogen-bond donors (Lipinski definition) is 3. The topological polar surface area (TPSA) is 95.5 Å². The van der Waals surface area contributed by atoms with Crippen molar-refractivity contribution in [1.82, 2.24) is 10.6 Å². The van der Waals surface area contributed by atoms with E-state index in [1.807, 2.05) is 48.5 Å². The highest BCUT2D eigenvalue weighted by atomic mass is 16.3. The molecule has 0 spiro atoms. The largest absolute Gasteiger partial charge is 0.389 e. The number of unbranched alkanes of at least 4 members (excludes halogenated alkanes) is 2. The molecule has 0 radical (unpaired) electrons. The summed E-state index contributed by atoms with van der Waals surface area (Å²) in [6, 6.07) is 17.0. The van der Waals surface area contributed by atoms with Gasteiger partial charge < -0.3 is 15.7 Å². The Hall–Kier alpha value is -3.25. The van der Waals surface area contributed by atoms with E-state index in [0.717, 1.165) is 36.8 Å². The molecule has 0 aromatic heterocycles. The standard InChI is InChI=1S/C26H30N2O4/c29-18-23(30)9-5-2-6-16-27-25(31)21-12-10-19(11-13-21)17-24(20-7-3-1-4-8-20)26(32)28-22-14-15-22/h1,3-4,7-8,10-13,17,22,29H,2,5-6,9,14-16,18H2,(H,27,31)(H,28,32)/b24-17+. The summed E-state index contributed by atoms with van der Waals surface area (Å²) in [5.74, 6) is -0.383. The normalized spacial score (nSPS) is 13.5. The summed E-state index contributed by atoms with van der Waals surface area (Å²) < 4.78 is 0. The first-order valence-corrected chi connectivity index (χ1v) is 11.2. The van der Waals surface area contributed by atoms with Crippen LogP contribution in [0, 0.1) is 0 Å². The smallest absolute Gasteiger partial charge is 0.252 e. The van der Waals surface area contributed by atoms with Gasteiger partial charge in [0.1, 0.15) is 6.61 Å². The zero-order valence-corrected chi connectivity index (χ0v) is 18.2. The van der Waals surface area contributed by atoms with E-state index in [4.69, 9.17) is 5.11 Å². The maximum Gasteiger partial charge on any atom is 0.252 e. The molecule has 0 unspecified atom stereocenters. The van der Waals surface area contributed by atoms with Gasteiger partial charge in [-0.25, -0.2) is 0 Å². The number of ketones is 1. The van der Waals surface area contributed by atoms with Gasteiger partial charge in [0.05, 0.1) is 0 Å². The third-order valence-corrected chi connectivity index (χ3v) is 5.32. The molecule has 0 saturated heterocycles. The fraction of sp³-hybridized carbons (Fsp3) is 0.346. The summed E-state index contributed by atoms with van der Waals surface area (Å²) in [5, 5.41) is 14.6. The molecule has 1 aliphatic carbocycles. The summed E-state index contributed by atoms with van der Waals surface area (Å²) >= 11 is 0. The lowest BCUT2D eigenvalue weighted by atomic mass is 10.0. The zero-order valence-electron chi connectivity index (χ0n) is 18.2. The van der Waals surface area contributed by atoms with Gasteiger partial charge in [-0.3, -0.25) is 14.4 Å². The molecule has 0 heterocycles. The highest BCUT2D eigenvalue weighted by Gasteiger charge is 2.25. The molecule has 2 aromatic rings. The first kappa shape index (κ1) is 23.4. The molecule has 1 aliphatic rings. The quantitative estimate of drug-likeness (QED) is 0.271. The average molecular weight is 435 g/mol. The lowest BCUT2D eigenvalue weighted by Gasteiger charge is -2.09. The van der Waals surface area contributed by atoms with Gasteiger partial charge in [-0.1, -0.05) is 48.9 Å². The highest BCUT2D eigenvalue weighted by Crippen LogP contribution is 2.23. The Balaban J connectivity index is 1.56. The number of benzene rings is 2. The van der Waals surface area contributed by atoms with Crippen LogP contribution in [0.15, 0.2) is 54.6 Å². The Labute approximate surface area is 188 Å². The fourth-order valence-electron chi connectivity index (χ4n) is 3.29. The van der Waals surface area contributed by atoms with Crippen LogP contribution in [0.4, 0.5) is 0 Å². The maximum atomic E-state index is 12.7. The van der Waals surface area contributed by atoms with E-state index >= 15 is 0 Å². The Morgan fingerprint density at radius 2 is 1.62 bits per heavy atom. The van der Waals surface area contributed by atoms with Gasteiger partial charge in [0.15, 0.2) is 5.78 Å². The van der Waals surface area contributed by atoms with Gasteiger partial charge in [0, 0.05) is 30.1 Å². The van der Waals surface area contributed by atoms with E-state index in [0.29, 0.717) is 30.5 Å². The van der Waals surface area contributed by atoms with Crippen LogP contribution in [0.25, 0.3) is 11.6 Å². The number of amides is 2. The summed E-state index contributed by atoms with van der Waals surface area (Å²) in [4.78, 5) is 36.1. The lowest BCUT2D eigenvalue weighted by molar-refractivity contribution is -0.121. The Kier molecular flexibility index (Phi) is 8.75. The number of hydrogen-bond acceptors (Lipinski definition) is 4. The second-order valence-corrected chi connectivity index (χ2v) is 8.06. The summed E-state index contributed by atoms with van der Waals surface area (Å²) in [6.45, 7) is 0.132. The van der Waals surface area contributed by atoms with E-state index in [-0.39, 0.29) is 23.6 Å². The van der Waals surface area contributed by atoms with E-state index in [9.17, 15) is 14.4 Å². The Bertz CT molecular complexity index is 948. The molecular formula is C26H30N2O4. The predicted molar refractivity (Wildman–Crippen MR) is 125 cm³/mol. The van der Waals surface area contributed by atoms with Crippen LogP contribution in [0.2, 0.25) is 0 Å². The number of aliphatic hydroxyl groups is 1. The van der Waals surface area contributed by atoms with Crippen molar-refractivity contribution in [2.75, 3.05) is 13.2 Å². The van der Waals surface area contributed by atoms with Crippen LogP contribution < -0.4 is 10.6 Å². The van der Waals surface area contributed by atoms with Crippen molar-refractivity contribution in [3.8, 4) is 0 Å². The fourth-order valence-corrected chi connectivity index (χ4v) is 3.29. The molecule has 0 bridgehead atoms. The van der Waals surface area contributed by atoms with E-state index in [2.05, 4.69) is 10.6 Å². The van der Waals surface area contributed by atoms with Crippen molar-refractivity contribution in [1.29, 1.82) is 0 Å². The summed E-state index contributed by atoms with van der Waals surface area (Å²) in [5.41, 5.74) is 2.86. The molecule has 2 amide bonds. The number of rotatable bonds is 12. The summed E-state index contributed by atoms with van der Waals surface area (Å²) in [7, 11) is 0. The minimum atomic E-state index is -0.403. The van der Waals surface area contributed by atoms with Crippen LogP contribution in [0.1, 0.15) is 60.0 Å². The second kappa shape index (κ2) is 12.0. The van der Waals surface area contributed by atoms with Gasteiger partial charge in [0.2, 0.25) is 0 Å². The Morgan fingerprint density at radius 3 is 2.28 bits per heavy atom. The number of nitrogens with one attached hydrogen (secondary N) is 2. The van der Waals surface area contributed by atoms with Gasteiger partial charge in [0.25, 0.3) is 11.8 Å². The van der Waals surface area contributed by atoms with Crippen molar-refractivity contribution in [3.63, 3.8) is 0 Å². The molecule has 168 valence electrons. The minimum absolute atomic E-state index is 0.0822. The zero-order chi connectivity index (χ0) is 22.8. The second-order valence-electron chi connectivity index (χ2n) is 8.06.